The number of hydrogen-bond donors (Lipinski definition) is 0. The monoisotopic (exact) mass is 221 g/mol. The quantitative estimate of drug-likeness (QED) is 0.664. The van der Waals surface area contributed by atoms with E-state index < -0.39 is 11.6 Å². The maximum Gasteiger partial charge on any atom is 0.228 e. The molecular formula is C12H9F2NO. The Morgan fingerprint density at radius 2 is 1.94 bits per heavy atom. The number of rotatable bonds is 1. The Labute approximate surface area is 91.9 Å². The van der Waals surface area contributed by atoms with Crippen molar-refractivity contribution in [1.29, 1.82) is 0 Å². The van der Waals surface area contributed by atoms with Gasteiger partial charge >= 0.3 is 0 Å². The van der Waals surface area contributed by atoms with Gasteiger partial charge in [0.05, 0.1) is 0 Å². The van der Waals surface area contributed by atoms with E-state index in [1.54, 1.807) is 0 Å². The van der Waals surface area contributed by atoms with E-state index in [1.807, 2.05) is 0 Å². The Morgan fingerprint density at radius 3 is 2.44 bits per heavy atom. The third-order valence-corrected chi connectivity index (χ3v) is 2.52. The van der Waals surface area contributed by atoms with Crippen LogP contribution in [0.4, 0.5) is 14.5 Å². The molecule has 1 aliphatic heterocycles. The molecule has 1 unspecified atom stereocenters. The third kappa shape index (κ3) is 1.89. The van der Waals surface area contributed by atoms with Crippen molar-refractivity contribution in [2.75, 3.05) is 11.4 Å². The first kappa shape index (κ1) is 10.6. The molecule has 0 saturated carbocycles. The molecule has 0 bridgehead atoms. The third-order valence-electron chi connectivity index (χ3n) is 2.52. The number of hydrogen-bond acceptors (Lipinski definition) is 1. The molecule has 0 aliphatic carbocycles. The molecule has 0 spiro atoms. The second-order valence-corrected chi connectivity index (χ2v) is 3.70. The number of nitrogens with zero attached hydrogens (tertiary/aromatic N) is 1. The first-order chi connectivity index (χ1) is 7.60. The van der Waals surface area contributed by atoms with Gasteiger partial charge in [0.25, 0.3) is 0 Å². The zero-order chi connectivity index (χ0) is 11.7. The van der Waals surface area contributed by atoms with E-state index in [2.05, 4.69) is 5.92 Å². The molecule has 1 saturated heterocycles. The predicted octanol–water partition coefficient (Wildman–Crippen LogP) is 1.95. The van der Waals surface area contributed by atoms with Gasteiger partial charge in [0.1, 0.15) is 11.6 Å². The number of benzene rings is 1. The lowest BCUT2D eigenvalue weighted by Gasteiger charge is -2.15. The van der Waals surface area contributed by atoms with Crippen LogP contribution >= 0.6 is 0 Å². The number of carbonyl (C=O) groups is 1. The van der Waals surface area contributed by atoms with Crippen LogP contribution in [0.2, 0.25) is 0 Å². The zero-order valence-electron chi connectivity index (χ0n) is 8.41. The van der Waals surface area contributed by atoms with Gasteiger partial charge in [-0.2, -0.15) is 0 Å². The van der Waals surface area contributed by atoms with Gasteiger partial charge in [0, 0.05) is 30.6 Å². The number of amides is 1. The molecule has 2 nitrogen and oxygen atoms in total. The molecule has 0 radical (unpaired) electrons. The molecule has 1 amide bonds. The Kier molecular flexibility index (Phi) is 2.61. The van der Waals surface area contributed by atoms with Crippen molar-refractivity contribution in [3.8, 4) is 12.3 Å². The summed E-state index contributed by atoms with van der Waals surface area (Å²) in [4.78, 5) is 12.9. The average Bonchev–Trinajstić information content (AvgIpc) is 2.58. The van der Waals surface area contributed by atoms with Gasteiger partial charge in [0.15, 0.2) is 0 Å². The minimum Gasteiger partial charge on any atom is -0.311 e. The molecular weight excluding hydrogens is 212 g/mol. The van der Waals surface area contributed by atoms with Crippen LogP contribution in [0.5, 0.6) is 0 Å². The molecule has 16 heavy (non-hydrogen) atoms. The molecule has 1 aromatic carbocycles. The SMILES string of the molecule is C#CC1CC(=O)N(c2cc(F)cc(F)c2)C1. The largest absolute Gasteiger partial charge is 0.311 e. The number of terminal acetylenes is 1. The highest BCUT2D eigenvalue weighted by Crippen LogP contribution is 2.25. The Morgan fingerprint density at radius 1 is 1.31 bits per heavy atom. The standard InChI is InChI=1S/C12H9F2NO/c1-2-8-3-12(16)15(7-8)11-5-9(13)4-10(14)6-11/h1,4-6,8H,3,7H2. The summed E-state index contributed by atoms with van der Waals surface area (Å²) >= 11 is 0. The van der Waals surface area contributed by atoms with Gasteiger partial charge in [-0.25, -0.2) is 8.78 Å². The van der Waals surface area contributed by atoms with Crippen LogP contribution < -0.4 is 4.90 Å². The van der Waals surface area contributed by atoms with E-state index in [9.17, 15) is 13.6 Å². The molecule has 82 valence electrons. The number of anilines is 1. The highest BCUT2D eigenvalue weighted by atomic mass is 19.1. The van der Waals surface area contributed by atoms with E-state index in [0.29, 0.717) is 6.54 Å². The predicted molar refractivity (Wildman–Crippen MR) is 55.7 cm³/mol. The Hall–Kier alpha value is -1.89. The molecule has 1 aromatic rings. The van der Waals surface area contributed by atoms with Crippen LogP contribution in [-0.4, -0.2) is 12.5 Å². The van der Waals surface area contributed by atoms with Crippen molar-refractivity contribution in [2.24, 2.45) is 5.92 Å². The number of carbonyl (C=O) groups excluding carboxylic acids is 1. The molecule has 4 heteroatoms. The summed E-state index contributed by atoms with van der Waals surface area (Å²) in [6.45, 7) is 0.318. The fraction of sp³-hybridized carbons (Fsp3) is 0.250. The van der Waals surface area contributed by atoms with Gasteiger partial charge in [-0.1, -0.05) is 0 Å². The number of halogens is 2. The summed E-state index contributed by atoms with van der Waals surface area (Å²) in [5, 5.41) is 0. The molecule has 1 heterocycles. The van der Waals surface area contributed by atoms with Crippen LogP contribution in [0.25, 0.3) is 0 Å². The normalized spacial score (nSPS) is 19.9. The van der Waals surface area contributed by atoms with Crippen LogP contribution in [0.15, 0.2) is 18.2 Å². The topological polar surface area (TPSA) is 20.3 Å². The highest BCUT2D eigenvalue weighted by molar-refractivity contribution is 5.96. The first-order valence-electron chi connectivity index (χ1n) is 4.82. The van der Waals surface area contributed by atoms with Gasteiger partial charge in [0.2, 0.25) is 5.91 Å². The molecule has 2 rings (SSSR count). The average molecular weight is 221 g/mol. The van der Waals surface area contributed by atoms with Gasteiger partial charge in [-0.05, 0) is 12.1 Å². The first-order valence-corrected chi connectivity index (χ1v) is 4.82. The smallest absolute Gasteiger partial charge is 0.228 e. The summed E-state index contributed by atoms with van der Waals surface area (Å²) < 4.78 is 25.9. The van der Waals surface area contributed by atoms with E-state index in [-0.39, 0.29) is 23.9 Å². The second kappa shape index (κ2) is 3.93. The van der Waals surface area contributed by atoms with Crippen LogP contribution in [0, 0.1) is 29.9 Å². The van der Waals surface area contributed by atoms with E-state index in [1.165, 1.54) is 4.90 Å². The van der Waals surface area contributed by atoms with Crippen molar-refractivity contribution >= 4 is 11.6 Å². The van der Waals surface area contributed by atoms with Crippen LogP contribution in [-0.2, 0) is 4.79 Å². The van der Waals surface area contributed by atoms with Crippen molar-refractivity contribution in [3.63, 3.8) is 0 Å². The van der Waals surface area contributed by atoms with Gasteiger partial charge in [-0.15, -0.1) is 12.3 Å². The van der Waals surface area contributed by atoms with Crippen molar-refractivity contribution in [1.82, 2.24) is 0 Å². The van der Waals surface area contributed by atoms with Gasteiger partial charge in [-0.3, -0.25) is 4.79 Å². The zero-order valence-corrected chi connectivity index (χ0v) is 8.41. The summed E-state index contributed by atoms with van der Waals surface area (Å²) in [5.74, 6) is 0.687. The maximum atomic E-state index is 13.0. The fourth-order valence-corrected chi connectivity index (χ4v) is 1.76. The molecule has 1 atom stereocenters. The summed E-state index contributed by atoms with van der Waals surface area (Å²) in [6, 6.07) is 3.02. The molecule has 1 aliphatic rings. The molecule has 1 fully saturated rings. The minimum atomic E-state index is -0.702. The molecule has 0 aromatic heterocycles. The highest BCUT2D eigenvalue weighted by Gasteiger charge is 2.29. The van der Waals surface area contributed by atoms with Gasteiger partial charge < -0.3 is 4.90 Å². The summed E-state index contributed by atoms with van der Waals surface area (Å²) in [7, 11) is 0. The van der Waals surface area contributed by atoms with Crippen LogP contribution in [0.1, 0.15) is 6.42 Å². The van der Waals surface area contributed by atoms with Crippen molar-refractivity contribution in [2.45, 2.75) is 6.42 Å². The second-order valence-electron chi connectivity index (χ2n) is 3.70. The Balaban J connectivity index is 2.32. The minimum absolute atomic E-state index is 0.182. The summed E-state index contributed by atoms with van der Waals surface area (Å²) in [6.07, 6.45) is 5.45. The lowest BCUT2D eigenvalue weighted by Crippen LogP contribution is -2.24. The maximum absolute atomic E-state index is 13.0. The van der Waals surface area contributed by atoms with Crippen molar-refractivity contribution in [3.05, 3.63) is 29.8 Å². The Bertz CT molecular complexity index is 458. The summed E-state index contributed by atoms with van der Waals surface area (Å²) in [5.41, 5.74) is 0.222. The lowest BCUT2D eigenvalue weighted by atomic mass is 10.1. The molecule has 0 N–H and O–H groups in total. The lowest BCUT2D eigenvalue weighted by molar-refractivity contribution is -0.117. The fourth-order valence-electron chi connectivity index (χ4n) is 1.76. The van der Waals surface area contributed by atoms with E-state index in [0.717, 1.165) is 18.2 Å². The van der Waals surface area contributed by atoms with E-state index in [4.69, 9.17) is 6.42 Å². The van der Waals surface area contributed by atoms with E-state index >= 15 is 0 Å². The van der Waals surface area contributed by atoms with Crippen LogP contribution in [0.3, 0.4) is 0 Å². The van der Waals surface area contributed by atoms with Crippen molar-refractivity contribution < 1.29 is 13.6 Å².